The summed E-state index contributed by atoms with van der Waals surface area (Å²) in [6.45, 7) is 1.99. The molecule has 0 bridgehead atoms. The van der Waals surface area contributed by atoms with Gasteiger partial charge in [0, 0.05) is 16.7 Å². The van der Waals surface area contributed by atoms with E-state index < -0.39 is 0 Å². The average Bonchev–Trinajstić information content (AvgIpc) is 2.62. The van der Waals surface area contributed by atoms with Gasteiger partial charge in [0.1, 0.15) is 5.75 Å². The topological polar surface area (TPSA) is 52.1 Å². The van der Waals surface area contributed by atoms with Crippen LogP contribution in [0.5, 0.6) is 5.75 Å². The van der Waals surface area contributed by atoms with Crippen molar-refractivity contribution >= 4 is 5.78 Å². The van der Waals surface area contributed by atoms with Crippen LogP contribution in [0.2, 0.25) is 0 Å². The van der Waals surface area contributed by atoms with Crippen molar-refractivity contribution in [2.75, 3.05) is 7.11 Å². The Morgan fingerprint density at radius 3 is 2.30 bits per heavy atom. The van der Waals surface area contributed by atoms with E-state index in [0.29, 0.717) is 16.8 Å². The van der Waals surface area contributed by atoms with Gasteiger partial charge in [0.05, 0.1) is 19.0 Å². The maximum atomic E-state index is 12.6. The highest BCUT2D eigenvalue weighted by Crippen LogP contribution is 2.21. The third-order valence-corrected chi connectivity index (χ3v) is 3.62. The Kier molecular flexibility index (Phi) is 4.15. The summed E-state index contributed by atoms with van der Waals surface area (Å²) < 4.78 is 5.14. The highest BCUT2D eigenvalue weighted by molar-refractivity contribution is 6.09. The molecule has 114 valence electrons. The molecule has 2 aromatic carbocycles. The summed E-state index contributed by atoms with van der Waals surface area (Å²) in [5.41, 5.74) is 3.83. The Labute approximate surface area is 134 Å². The molecule has 3 rings (SSSR count). The first kappa shape index (κ1) is 14.9. The maximum absolute atomic E-state index is 12.6. The largest absolute Gasteiger partial charge is 0.497 e. The Hall–Kier alpha value is -3.01. The summed E-state index contributed by atoms with van der Waals surface area (Å²) in [4.78, 5) is 12.6. The molecule has 0 aliphatic heterocycles. The first-order valence-corrected chi connectivity index (χ1v) is 7.26. The number of carbonyl (C=O) groups excluding carboxylic acids is 1. The summed E-state index contributed by atoms with van der Waals surface area (Å²) in [5.74, 6) is 0.711. The van der Waals surface area contributed by atoms with E-state index in [9.17, 15) is 4.79 Å². The van der Waals surface area contributed by atoms with Crippen LogP contribution in [0.3, 0.4) is 0 Å². The number of ketones is 1. The molecule has 0 unspecified atom stereocenters. The van der Waals surface area contributed by atoms with Crippen LogP contribution in [0.15, 0.2) is 60.8 Å². The minimum absolute atomic E-state index is 0.0605. The third-order valence-electron chi connectivity index (χ3n) is 3.62. The molecule has 0 spiro atoms. The highest BCUT2D eigenvalue weighted by Gasteiger charge is 2.11. The molecule has 0 aliphatic rings. The minimum atomic E-state index is -0.0605. The number of hydrogen-bond donors (Lipinski definition) is 0. The zero-order valence-corrected chi connectivity index (χ0v) is 13.0. The Bertz CT molecular complexity index is 825. The van der Waals surface area contributed by atoms with Gasteiger partial charge < -0.3 is 4.74 Å². The number of aryl methyl sites for hydroxylation is 1. The smallest absolute Gasteiger partial charge is 0.194 e. The van der Waals surface area contributed by atoms with Gasteiger partial charge in [0.25, 0.3) is 0 Å². The Balaban J connectivity index is 1.92. The quantitative estimate of drug-likeness (QED) is 0.690. The van der Waals surface area contributed by atoms with E-state index >= 15 is 0 Å². The fourth-order valence-electron chi connectivity index (χ4n) is 2.27. The van der Waals surface area contributed by atoms with Crippen LogP contribution in [0, 0.1) is 6.92 Å². The number of methoxy groups -OCH3 is 1. The van der Waals surface area contributed by atoms with Crippen LogP contribution in [0.25, 0.3) is 11.3 Å². The van der Waals surface area contributed by atoms with Crippen LogP contribution in [0.1, 0.15) is 21.5 Å². The summed E-state index contributed by atoms with van der Waals surface area (Å²) >= 11 is 0. The molecule has 0 radical (unpaired) electrons. The van der Waals surface area contributed by atoms with Gasteiger partial charge in [0.2, 0.25) is 0 Å². The zero-order chi connectivity index (χ0) is 16.2. The molecule has 0 atom stereocenters. The zero-order valence-electron chi connectivity index (χ0n) is 13.0. The second kappa shape index (κ2) is 6.40. The van der Waals surface area contributed by atoms with Gasteiger partial charge in [-0.15, -0.1) is 0 Å². The average molecular weight is 304 g/mol. The predicted molar refractivity (Wildman–Crippen MR) is 88.6 cm³/mol. The lowest BCUT2D eigenvalue weighted by Crippen LogP contribution is -2.03. The van der Waals surface area contributed by atoms with Gasteiger partial charge in [-0.3, -0.25) is 4.79 Å². The van der Waals surface area contributed by atoms with Gasteiger partial charge in [-0.05, 0) is 37.3 Å². The predicted octanol–water partition coefficient (Wildman–Crippen LogP) is 3.69. The molecule has 1 heterocycles. The lowest BCUT2D eigenvalue weighted by molar-refractivity contribution is 0.103. The van der Waals surface area contributed by atoms with Crippen molar-refractivity contribution < 1.29 is 9.53 Å². The van der Waals surface area contributed by atoms with Crippen molar-refractivity contribution in [2.24, 2.45) is 0 Å². The van der Waals surface area contributed by atoms with E-state index in [1.165, 1.54) is 6.20 Å². The fourth-order valence-corrected chi connectivity index (χ4v) is 2.27. The number of carbonyl (C=O) groups is 1. The van der Waals surface area contributed by atoms with Crippen LogP contribution in [0.4, 0.5) is 0 Å². The van der Waals surface area contributed by atoms with E-state index in [-0.39, 0.29) is 5.78 Å². The standard InChI is InChI=1S/C19H16N2O2/c1-13-3-5-15(6-4-13)19(22)16-11-18(21-20-12-16)14-7-9-17(23-2)10-8-14/h3-12H,1-2H3. The molecule has 23 heavy (non-hydrogen) atoms. The van der Waals surface area contributed by atoms with Crippen LogP contribution < -0.4 is 4.74 Å². The van der Waals surface area contributed by atoms with E-state index in [1.54, 1.807) is 13.2 Å². The van der Waals surface area contributed by atoms with Crippen molar-refractivity contribution in [3.63, 3.8) is 0 Å². The van der Waals surface area contributed by atoms with E-state index in [4.69, 9.17) is 4.74 Å². The molecule has 0 N–H and O–H groups in total. The summed E-state index contributed by atoms with van der Waals surface area (Å²) in [5, 5.41) is 8.08. The van der Waals surface area contributed by atoms with Gasteiger partial charge in [0.15, 0.2) is 5.78 Å². The van der Waals surface area contributed by atoms with Crippen LogP contribution >= 0.6 is 0 Å². The molecule has 4 heteroatoms. The first-order valence-electron chi connectivity index (χ1n) is 7.26. The Morgan fingerprint density at radius 1 is 0.957 bits per heavy atom. The van der Waals surface area contributed by atoms with Crippen LogP contribution in [-0.4, -0.2) is 23.1 Å². The molecule has 0 saturated heterocycles. The summed E-state index contributed by atoms with van der Waals surface area (Å²) in [7, 11) is 1.62. The Morgan fingerprint density at radius 2 is 1.65 bits per heavy atom. The van der Waals surface area contributed by atoms with E-state index in [0.717, 1.165) is 16.9 Å². The molecule has 1 aromatic heterocycles. The summed E-state index contributed by atoms with van der Waals surface area (Å²) in [6.07, 6.45) is 1.50. The van der Waals surface area contributed by atoms with Crippen molar-refractivity contribution in [3.8, 4) is 17.0 Å². The van der Waals surface area contributed by atoms with Crippen molar-refractivity contribution in [2.45, 2.75) is 6.92 Å². The molecule has 0 amide bonds. The summed E-state index contributed by atoms with van der Waals surface area (Å²) in [6, 6.07) is 16.7. The second-order valence-electron chi connectivity index (χ2n) is 5.25. The first-order chi connectivity index (χ1) is 11.2. The molecule has 4 nitrogen and oxygen atoms in total. The van der Waals surface area contributed by atoms with Gasteiger partial charge in [-0.25, -0.2) is 0 Å². The minimum Gasteiger partial charge on any atom is -0.497 e. The number of benzene rings is 2. The molecule has 3 aromatic rings. The van der Waals surface area contributed by atoms with Gasteiger partial charge >= 0.3 is 0 Å². The number of hydrogen-bond acceptors (Lipinski definition) is 4. The van der Waals surface area contributed by atoms with Gasteiger partial charge in [-0.1, -0.05) is 29.8 Å². The molecule has 0 saturated carbocycles. The number of aromatic nitrogens is 2. The SMILES string of the molecule is COc1ccc(-c2cc(C(=O)c3ccc(C)cc3)cnn2)cc1. The third kappa shape index (κ3) is 3.26. The van der Waals surface area contributed by atoms with Gasteiger partial charge in [-0.2, -0.15) is 10.2 Å². The second-order valence-corrected chi connectivity index (χ2v) is 5.25. The number of ether oxygens (including phenoxy) is 1. The molecular formula is C19H16N2O2. The normalized spacial score (nSPS) is 10.3. The fraction of sp³-hybridized carbons (Fsp3) is 0.105. The maximum Gasteiger partial charge on any atom is 0.194 e. The number of rotatable bonds is 4. The molecule has 0 fully saturated rings. The van der Waals surface area contributed by atoms with Crippen LogP contribution in [-0.2, 0) is 0 Å². The van der Waals surface area contributed by atoms with Crippen molar-refractivity contribution in [3.05, 3.63) is 77.5 Å². The lowest BCUT2D eigenvalue weighted by atomic mass is 10.0. The van der Waals surface area contributed by atoms with Crippen molar-refractivity contribution in [1.82, 2.24) is 10.2 Å². The highest BCUT2D eigenvalue weighted by atomic mass is 16.5. The molecule has 0 aliphatic carbocycles. The lowest BCUT2D eigenvalue weighted by Gasteiger charge is -2.05. The monoisotopic (exact) mass is 304 g/mol. The van der Waals surface area contributed by atoms with E-state index in [2.05, 4.69) is 10.2 Å². The van der Waals surface area contributed by atoms with Crippen molar-refractivity contribution in [1.29, 1.82) is 0 Å². The number of nitrogens with zero attached hydrogens (tertiary/aromatic N) is 2. The molecular weight excluding hydrogens is 288 g/mol. The van der Waals surface area contributed by atoms with E-state index in [1.807, 2.05) is 55.5 Å².